The van der Waals surface area contributed by atoms with Gasteiger partial charge in [0, 0.05) is 17.3 Å². The third-order valence-corrected chi connectivity index (χ3v) is 5.22. The normalized spacial score (nSPS) is 24.9. The number of aromatic hydroxyl groups is 1. The van der Waals surface area contributed by atoms with E-state index in [1.54, 1.807) is 0 Å². The van der Waals surface area contributed by atoms with Crippen LogP contribution in [-0.2, 0) is 0 Å². The molecule has 0 aliphatic heterocycles. The molecule has 3 rings (SSSR count). The first-order valence-electron chi connectivity index (χ1n) is 8.57. The van der Waals surface area contributed by atoms with Gasteiger partial charge in [0.2, 0.25) is 0 Å². The topological polar surface area (TPSA) is 32.6 Å². The Labute approximate surface area is 138 Å². The first-order valence-corrected chi connectivity index (χ1v) is 8.57. The van der Waals surface area contributed by atoms with Crippen molar-refractivity contribution in [3.63, 3.8) is 0 Å². The first-order chi connectivity index (χ1) is 11.2. The Bertz CT molecular complexity index is 677. The molecule has 0 heterocycles. The van der Waals surface area contributed by atoms with Gasteiger partial charge in [-0.15, -0.1) is 0 Å². The Morgan fingerprint density at radius 1 is 1.00 bits per heavy atom. The van der Waals surface area contributed by atoms with Gasteiger partial charge in [-0.1, -0.05) is 69.2 Å². The average molecular weight is 307 g/mol. The Hall–Kier alpha value is -2.09. The standard InChI is InChI=1S/C21H25NO/c1-15-8-6-13-20(16(15)2)22-14-18-11-7-12-19(21(18)23)17-9-4-3-5-10-17/h3-5,7,9-12,14-16,20,23H,6,8,13H2,1-2H3. The molecule has 1 aliphatic rings. The minimum Gasteiger partial charge on any atom is -0.507 e. The van der Waals surface area contributed by atoms with Crippen molar-refractivity contribution in [1.82, 2.24) is 0 Å². The lowest BCUT2D eigenvalue weighted by Gasteiger charge is -2.31. The molecule has 1 N–H and O–H groups in total. The monoisotopic (exact) mass is 307 g/mol. The molecule has 1 saturated carbocycles. The lowest BCUT2D eigenvalue weighted by atomic mass is 9.78. The number of rotatable bonds is 3. The van der Waals surface area contributed by atoms with Gasteiger partial charge in [0.05, 0.1) is 6.04 Å². The summed E-state index contributed by atoms with van der Waals surface area (Å²) in [4.78, 5) is 4.80. The van der Waals surface area contributed by atoms with E-state index >= 15 is 0 Å². The fourth-order valence-corrected chi connectivity index (χ4v) is 3.46. The molecule has 3 atom stereocenters. The van der Waals surface area contributed by atoms with Gasteiger partial charge in [0.1, 0.15) is 5.75 Å². The zero-order chi connectivity index (χ0) is 16.2. The zero-order valence-corrected chi connectivity index (χ0v) is 13.9. The molecule has 0 aromatic heterocycles. The molecular weight excluding hydrogens is 282 g/mol. The van der Waals surface area contributed by atoms with Crippen LogP contribution < -0.4 is 0 Å². The Morgan fingerprint density at radius 3 is 2.57 bits per heavy atom. The number of hydrogen-bond acceptors (Lipinski definition) is 2. The van der Waals surface area contributed by atoms with Gasteiger partial charge in [0.15, 0.2) is 0 Å². The van der Waals surface area contributed by atoms with Gasteiger partial charge in [0.25, 0.3) is 0 Å². The van der Waals surface area contributed by atoms with Crippen LogP contribution in [0.4, 0.5) is 0 Å². The van der Waals surface area contributed by atoms with Crippen molar-refractivity contribution in [2.45, 2.75) is 39.2 Å². The van der Waals surface area contributed by atoms with E-state index in [-0.39, 0.29) is 0 Å². The number of aliphatic imine (C=N–C) groups is 1. The van der Waals surface area contributed by atoms with Crippen molar-refractivity contribution in [3.8, 4) is 16.9 Å². The lowest BCUT2D eigenvalue weighted by molar-refractivity contribution is 0.242. The molecule has 2 heteroatoms. The summed E-state index contributed by atoms with van der Waals surface area (Å²) in [6.45, 7) is 4.62. The van der Waals surface area contributed by atoms with Crippen molar-refractivity contribution in [2.24, 2.45) is 16.8 Å². The highest BCUT2D eigenvalue weighted by Gasteiger charge is 2.26. The van der Waals surface area contributed by atoms with Crippen LogP contribution >= 0.6 is 0 Å². The van der Waals surface area contributed by atoms with Gasteiger partial charge >= 0.3 is 0 Å². The summed E-state index contributed by atoms with van der Waals surface area (Å²) >= 11 is 0. The third kappa shape index (κ3) is 3.47. The minimum atomic E-state index is 0.318. The van der Waals surface area contributed by atoms with E-state index in [4.69, 9.17) is 4.99 Å². The highest BCUT2D eigenvalue weighted by molar-refractivity contribution is 5.88. The zero-order valence-electron chi connectivity index (χ0n) is 13.9. The van der Waals surface area contributed by atoms with Crippen LogP contribution in [0.1, 0.15) is 38.7 Å². The SMILES string of the molecule is CC1CCCC(N=Cc2cccc(-c3ccccc3)c2O)C1C. The summed E-state index contributed by atoms with van der Waals surface area (Å²) in [5.74, 6) is 1.66. The molecule has 23 heavy (non-hydrogen) atoms. The van der Waals surface area contributed by atoms with Gasteiger partial charge in [-0.25, -0.2) is 0 Å². The lowest BCUT2D eigenvalue weighted by Crippen LogP contribution is -2.27. The fraction of sp³-hybridized carbons (Fsp3) is 0.381. The second-order valence-electron chi connectivity index (χ2n) is 6.72. The maximum Gasteiger partial charge on any atom is 0.132 e. The van der Waals surface area contributed by atoms with Gasteiger partial charge in [-0.2, -0.15) is 0 Å². The second kappa shape index (κ2) is 6.99. The Morgan fingerprint density at radius 2 is 1.78 bits per heavy atom. The summed E-state index contributed by atoms with van der Waals surface area (Å²) in [6, 6.07) is 16.2. The molecular formula is C21H25NO. The summed E-state index contributed by atoms with van der Waals surface area (Å²) in [5, 5.41) is 10.6. The van der Waals surface area contributed by atoms with Crippen molar-refractivity contribution >= 4 is 6.21 Å². The molecule has 0 amide bonds. The number of benzene rings is 2. The summed E-state index contributed by atoms with van der Waals surface area (Å²) in [6.07, 6.45) is 5.58. The molecule has 120 valence electrons. The van der Waals surface area contributed by atoms with Crippen LogP contribution in [0.3, 0.4) is 0 Å². The quantitative estimate of drug-likeness (QED) is 0.766. The smallest absolute Gasteiger partial charge is 0.132 e. The van der Waals surface area contributed by atoms with Crippen LogP contribution in [0.2, 0.25) is 0 Å². The highest BCUT2D eigenvalue weighted by atomic mass is 16.3. The van der Waals surface area contributed by atoms with Gasteiger partial charge in [-0.3, -0.25) is 4.99 Å². The van der Waals surface area contributed by atoms with Crippen LogP contribution in [0.25, 0.3) is 11.1 Å². The largest absolute Gasteiger partial charge is 0.507 e. The Balaban J connectivity index is 1.85. The number of phenolic OH excluding ortho intramolecular Hbond substituents is 1. The van der Waals surface area contributed by atoms with E-state index in [0.29, 0.717) is 17.7 Å². The number of para-hydroxylation sites is 1. The number of phenols is 1. The van der Waals surface area contributed by atoms with E-state index < -0.39 is 0 Å². The molecule has 0 radical (unpaired) electrons. The summed E-state index contributed by atoms with van der Waals surface area (Å²) in [5.41, 5.74) is 2.69. The van der Waals surface area contributed by atoms with Crippen LogP contribution in [0.5, 0.6) is 5.75 Å². The highest BCUT2D eigenvalue weighted by Crippen LogP contribution is 2.33. The molecule has 2 nitrogen and oxygen atoms in total. The van der Waals surface area contributed by atoms with Crippen molar-refractivity contribution in [2.75, 3.05) is 0 Å². The molecule has 1 aliphatic carbocycles. The first kappa shape index (κ1) is 15.8. The van der Waals surface area contributed by atoms with Crippen LogP contribution in [0.15, 0.2) is 53.5 Å². The van der Waals surface area contributed by atoms with Crippen LogP contribution in [0, 0.1) is 11.8 Å². The van der Waals surface area contributed by atoms with Crippen molar-refractivity contribution in [1.29, 1.82) is 0 Å². The average Bonchev–Trinajstić information content (AvgIpc) is 2.58. The van der Waals surface area contributed by atoms with E-state index in [1.807, 2.05) is 54.7 Å². The Kier molecular flexibility index (Phi) is 4.80. The van der Waals surface area contributed by atoms with Gasteiger partial charge in [-0.05, 0) is 29.9 Å². The predicted molar refractivity (Wildman–Crippen MR) is 97.1 cm³/mol. The van der Waals surface area contributed by atoms with Gasteiger partial charge < -0.3 is 5.11 Å². The maximum atomic E-state index is 10.6. The van der Waals surface area contributed by atoms with Crippen molar-refractivity contribution in [3.05, 3.63) is 54.1 Å². The molecule has 2 aromatic carbocycles. The summed E-state index contributed by atoms with van der Waals surface area (Å²) < 4.78 is 0. The third-order valence-electron chi connectivity index (χ3n) is 5.22. The summed E-state index contributed by atoms with van der Waals surface area (Å²) in [7, 11) is 0. The maximum absolute atomic E-state index is 10.6. The number of hydrogen-bond donors (Lipinski definition) is 1. The molecule has 0 spiro atoms. The van der Waals surface area contributed by atoms with E-state index in [2.05, 4.69) is 13.8 Å². The minimum absolute atomic E-state index is 0.318. The fourth-order valence-electron chi connectivity index (χ4n) is 3.46. The molecule has 2 aromatic rings. The van der Waals surface area contributed by atoms with Crippen molar-refractivity contribution < 1.29 is 5.11 Å². The molecule has 0 saturated heterocycles. The molecule has 3 unspecified atom stereocenters. The predicted octanol–water partition coefficient (Wildman–Crippen LogP) is 5.30. The number of nitrogens with zero attached hydrogens (tertiary/aromatic N) is 1. The van der Waals surface area contributed by atoms with E-state index in [9.17, 15) is 5.11 Å². The van der Waals surface area contributed by atoms with Crippen LogP contribution in [-0.4, -0.2) is 17.4 Å². The van der Waals surface area contributed by atoms with E-state index in [0.717, 1.165) is 29.0 Å². The van der Waals surface area contributed by atoms with E-state index in [1.165, 1.54) is 12.8 Å². The second-order valence-corrected chi connectivity index (χ2v) is 6.72. The molecule has 0 bridgehead atoms. The molecule has 1 fully saturated rings.